The lowest BCUT2D eigenvalue weighted by Crippen LogP contribution is -2.41. The Morgan fingerprint density at radius 1 is 1.00 bits per heavy atom. The molecule has 1 heterocycles. The van der Waals surface area contributed by atoms with E-state index in [1.165, 1.54) is 11.3 Å². The molecule has 0 aliphatic rings. The van der Waals surface area contributed by atoms with E-state index < -0.39 is 5.41 Å². The highest BCUT2D eigenvalue weighted by Gasteiger charge is 2.44. The van der Waals surface area contributed by atoms with Gasteiger partial charge in [-0.2, -0.15) is 0 Å². The van der Waals surface area contributed by atoms with E-state index in [0.717, 1.165) is 24.0 Å². The summed E-state index contributed by atoms with van der Waals surface area (Å²) in [5.41, 5.74) is 1.78. The fourth-order valence-corrected chi connectivity index (χ4v) is 4.26. The van der Waals surface area contributed by atoms with Crippen LogP contribution in [-0.2, 0) is 4.79 Å². The summed E-state index contributed by atoms with van der Waals surface area (Å²) in [7, 11) is 0. The molecule has 0 radical (unpaired) electrons. The van der Waals surface area contributed by atoms with Gasteiger partial charge in [0.25, 0.3) is 0 Å². The molecule has 3 rings (SSSR count). The molecule has 1 N–H and O–H groups in total. The maximum Gasteiger partial charge on any atom is 0.233 e. The van der Waals surface area contributed by atoms with Gasteiger partial charge in [0.05, 0.1) is 5.41 Å². The normalized spacial score (nSPS) is 11.5. The first-order valence-electron chi connectivity index (χ1n) is 9.02. The first-order chi connectivity index (χ1) is 12.7. The predicted octanol–water partition coefficient (Wildman–Crippen LogP) is 5.72. The zero-order chi connectivity index (χ0) is 18.4. The summed E-state index contributed by atoms with van der Waals surface area (Å²) in [6.45, 7) is 4.20. The Hall–Kier alpha value is -2.46. The van der Waals surface area contributed by atoms with Crippen LogP contribution in [0.25, 0.3) is 0 Å². The van der Waals surface area contributed by atoms with Gasteiger partial charge in [0.1, 0.15) is 0 Å². The number of amides is 1. The Kier molecular flexibility index (Phi) is 5.84. The largest absolute Gasteiger partial charge is 0.301 e. The Morgan fingerprint density at radius 2 is 1.54 bits per heavy atom. The van der Waals surface area contributed by atoms with Crippen molar-refractivity contribution in [2.75, 3.05) is 5.32 Å². The minimum absolute atomic E-state index is 0.0140. The van der Waals surface area contributed by atoms with Crippen molar-refractivity contribution in [2.24, 2.45) is 5.41 Å². The Balaban J connectivity index is 2.09. The smallest absolute Gasteiger partial charge is 0.233 e. The fourth-order valence-electron chi connectivity index (χ4n) is 3.74. The van der Waals surface area contributed by atoms with Gasteiger partial charge in [-0.1, -0.05) is 74.5 Å². The van der Waals surface area contributed by atoms with Gasteiger partial charge in [-0.3, -0.25) is 4.79 Å². The van der Waals surface area contributed by atoms with Crippen LogP contribution >= 0.6 is 11.3 Å². The maximum atomic E-state index is 13.4. The van der Waals surface area contributed by atoms with Crippen LogP contribution < -0.4 is 5.32 Å². The molecule has 3 aromatic rings. The first kappa shape index (κ1) is 18.3. The monoisotopic (exact) mass is 364 g/mol. The molecule has 26 heavy (non-hydrogen) atoms. The third-order valence-electron chi connectivity index (χ3n) is 5.19. The molecule has 4 heteroatoms. The highest BCUT2D eigenvalue weighted by Crippen LogP contribution is 2.47. The number of rotatable bonds is 7. The van der Waals surface area contributed by atoms with Crippen molar-refractivity contribution in [3.05, 3.63) is 83.4 Å². The van der Waals surface area contributed by atoms with Crippen molar-refractivity contribution in [2.45, 2.75) is 32.6 Å². The summed E-state index contributed by atoms with van der Waals surface area (Å²) < 4.78 is 0. The van der Waals surface area contributed by atoms with E-state index in [1.807, 2.05) is 41.8 Å². The number of nitrogens with one attached hydrogen (secondary N) is 1. The van der Waals surface area contributed by atoms with E-state index in [0.29, 0.717) is 5.13 Å². The van der Waals surface area contributed by atoms with Crippen molar-refractivity contribution in [3.63, 3.8) is 0 Å². The quantitative estimate of drug-likeness (QED) is 0.582. The van der Waals surface area contributed by atoms with Crippen molar-refractivity contribution in [3.8, 4) is 0 Å². The van der Waals surface area contributed by atoms with E-state index in [2.05, 4.69) is 48.4 Å². The van der Waals surface area contributed by atoms with Gasteiger partial charge in [-0.05, 0) is 24.0 Å². The molecule has 0 bridgehead atoms. The molecule has 0 unspecified atom stereocenters. The van der Waals surface area contributed by atoms with Gasteiger partial charge in [0.15, 0.2) is 5.13 Å². The average molecular weight is 365 g/mol. The molecule has 0 fully saturated rings. The van der Waals surface area contributed by atoms with E-state index in [9.17, 15) is 4.79 Å². The number of anilines is 1. The highest BCUT2D eigenvalue weighted by molar-refractivity contribution is 7.13. The standard InChI is InChI=1S/C22H24N2OS/c1-3-22(4-2,20(25)24-21-23-15-16-26-21)19(17-11-7-5-8-12-17)18-13-9-6-10-14-18/h5-16,19H,3-4H2,1-2H3,(H,23,24,25). The Bertz CT molecular complexity index is 772. The minimum Gasteiger partial charge on any atom is -0.301 e. The van der Waals surface area contributed by atoms with Crippen LogP contribution in [0.5, 0.6) is 0 Å². The van der Waals surface area contributed by atoms with Gasteiger partial charge in [-0.15, -0.1) is 11.3 Å². The van der Waals surface area contributed by atoms with Crippen LogP contribution in [0, 0.1) is 5.41 Å². The summed E-state index contributed by atoms with van der Waals surface area (Å²) in [5, 5.41) is 5.58. The predicted molar refractivity (Wildman–Crippen MR) is 108 cm³/mol. The second-order valence-electron chi connectivity index (χ2n) is 6.41. The van der Waals surface area contributed by atoms with Crippen LogP contribution in [-0.4, -0.2) is 10.9 Å². The van der Waals surface area contributed by atoms with Gasteiger partial charge < -0.3 is 5.32 Å². The van der Waals surface area contributed by atoms with E-state index >= 15 is 0 Å². The number of aromatic nitrogens is 1. The second-order valence-corrected chi connectivity index (χ2v) is 7.30. The molecule has 0 atom stereocenters. The van der Waals surface area contributed by atoms with Crippen LogP contribution in [0.4, 0.5) is 5.13 Å². The SMILES string of the molecule is CCC(CC)(C(=O)Nc1nccs1)C(c1ccccc1)c1ccccc1. The molecule has 0 aliphatic heterocycles. The van der Waals surface area contributed by atoms with E-state index in [1.54, 1.807) is 6.20 Å². The molecular formula is C22H24N2OS. The number of nitrogens with zero attached hydrogens (tertiary/aromatic N) is 1. The maximum absolute atomic E-state index is 13.4. The average Bonchev–Trinajstić information content (AvgIpc) is 3.20. The topological polar surface area (TPSA) is 42.0 Å². The van der Waals surface area contributed by atoms with Crippen LogP contribution in [0.15, 0.2) is 72.2 Å². The number of thiazole rings is 1. The number of benzene rings is 2. The number of hydrogen-bond acceptors (Lipinski definition) is 3. The van der Waals surface area contributed by atoms with Gasteiger partial charge >= 0.3 is 0 Å². The van der Waals surface area contributed by atoms with Crippen molar-refractivity contribution < 1.29 is 4.79 Å². The third-order valence-corrected chi connectivity index (χ3v) is 5.87. The summed E-state index contributed by atoms with van der Waals surface area (Å²) in [4.78, 5) is 17.7. The Morgan fingerprint density at radius 3 is 1.96 bits per heavy atom. The van der Waals surface area contributed by atoms with Crippen LogP contribution in [0.2, 0.25) is 0 Å². The summed E-state index contributed by atoms with van der Waals surface area (Å²) >= 11 is 1.45. The molecule has 0 saturated carbocycles. The lowest BCUT2D eigenvalue weighted by atomic mass is 9.65. The van der Waals surface area contributed by atoms with Crippen molar-refractivity contribution >= 4 is 22.4 Å². The second kappa shape index (κ2) is 8.28. The van der Waals surface area contributed by atoms with Crippen LogP contribution in [0.1, 0.15) is 43.7 Å². The molecule has 1 amide bonds. The van der Waals surface area contributed by atoms with Gasteiger partial charge in [0.2, 0.25) is 5.91 Å². The number of hydrogen-bond donors (Lipinski definition) is 1. The molecule has 0 spiro atoms. The lowest BCUT2D eigenvalue weighted by Gasteiger charge is -2.39. The van der Waals surface area contributed by atoms with Gasteiger partial charge in [0, 0.05) is 17.5 Å². The van der Waals surface area contributed by atoms with Gasteiger partial charge in [-0.25, -0.2) is 4.98 Å². The summed E-state index contributed by atoms with van der Waals surface area (Å²) in [5.74, 6) is 0.0232. The molecule has 0 aliphatic carbocycles. The zero-order valence-corrected chi connectivity index (χ0v) is 16.0. The minimum atomic E-state index is -0.547. The lowest BCUT2D eigenvalue weighted by molar-refractivity contribution is -0.127. The fraction of sp³-hybridized carbons (Fsp3) is 0.273. The molecule has 134 valence electrons. The number of carbonyl (C=O) groups excluding carboxylic acids is 1. The van der Waals surface area contributed by atoms with E-state index in [-0.39, 0.29) is 11.8 Å². The zero-order valence-electron chi connectivity index (χ0n) is 15.2. The van der Waals surface area contributed by atoms with Crippen LogP contribution in [0.3, 0.4) is 0 Å². The van der Waals surface area contributed by atoms with Crippen molar-refractivity contribution in [1.82, 2.24) is 4.98 Å². The first-order valence-corrected chi connectivity index (χ1v) is 9.90. The number of carbonyl (C=O) groups is 1. The third kappa shape index (κ3) is 3.56. The molecule has 1 aromatic heterocycles. The molecule has 2 aromatic carbocycles. The van der Waals surface area contributed by atoms with Crippen molar-refractivity contribution in [1.29, 1.82) is 0 Å². The highest BCUT2D eigenvalue weighted by atomic mass is 32.1. The summed E-state index contributed by atoms with van der Waals surface area (Å²) in [6, 6.07) is 20.7. The Labute approximate surface area is 159 Å². The van der Waals surface area contributed by atoms with E-state index in [4.69, 9.17) is 0 Å². The molecular weight excluding hydrogens is 340 g/mol. The molecule has 3 nitrogen and oxygen atoms in total. The summed E-state index contributed by atoms with van der Waals surface area (Å²) in [6.07, 6.45) is 3.20. The molecule has 0 saturated heterocycles.